The summed E-state index contributed by atoms with van der Waals surface area (Å²) in [5.74, 6) is 0.656. The molecule has 0 atom stereocenters. The molecule has 0 aromatic heterocycles. The van der Waals surface area contributed by atoms with Gasteiger partial charge in [-0.15, -0.1) is 0 Å². The van der Waals surface area contributed by atoms with Gasteiger partial charge in [0.15, 0.2) is 5.11 Å². The zero-order chi connectivity index (χ0) is 19.9. The second-order valence-electron chi connectivity index (χ2n) is 6.94. The SMILES string of the molecule is CC(C)(C)OC(=O)NCc1cc(NC(N)=S)ccc1OCc1ccccc1. The Morgan fingerprint density at radius 2 is 1.85 bits per heavy atom. The van der Waals surface area contributed by atoms with Crippen molar-refractivity contribution in [2.24, 2.45) is 5.73 Å². The Morgan fingerprint density at radius 3 is 2.48 bits per heavy atom. The number of amides is 1. The van der Waals surface area contributed by atoms with Gasteiger partial charge in [0.05, 0.1) is 0 Å². The van der Waals surface area contributed by atoms with Gasteiger partial charge in [-0.2, -0.15) is 0 Å². The zero-order valence-electron chi connectivity index (χ0n) is 15.7. The third-order valence-corrected chi connectivity index (χ3v) is 3.49. The van der Waals surface area contributed by atoms with Crippen LogP contribution in [0.2, 0.25) is 0 Å². The second kappa shape index (κ2) is 9.23. The topological polar surface area (TPSA) is 85.6 Å². The molecule has 0 spiro atoms. The van der Waals surface area contributed by atoms with Crippen LogP contribution >= 0.6 is 12.2 Å². The molecule has 0 saturated heterocycles. The van der Waals surface area contributed by atoms with Crippen molar-refractivity contribution < 1.29 is 14.3 Å². The molecule has 27 heavy (non-hydrogen) atoms. The van der Waals surface area contributed by atoms with Crippen molar-refractivity contribution in [2.45, 2.75) is 39.5 Å². The number of benzene rings is 2. The summed E-state index contributed by atoms with van der Waals surface area (Å²) in [4.78, 5) is 12.0. The number of carbonyl (C=O) groups excluding carboxylic acids is 1. The van der Waals surface area contributed by atoms with E-state index in [0.29, 0.717) is 12.4 Å². The standard InChI is InChI=1S/C20H25N3O3S/c1-20(2,3)26-19(24)22-12-15-11-16(23-18(21)27)9-10-17(15)25-13-14-7-5-4-6-8-14/h4-11H,12-13H2,1-3H3,(H,22,24)(H3,21,23,27). The molecular formula is C20H25N3O3S. The highest BCUT2D eigenvalue weighted by molar-refractivity contribution is 7.80. The monoisotopic (exact) mass is 387 g/mol. The molecule has 2 rings (SSSR count). The fourth-order valence-corrected chi connectivity index (χ4v) is 2.41. The number of alkyl carbamates (subject to hydrolysis) is 1. The van der Waals surface area contributed by atoms with Gasteiger partial charge in [0, 0.05) is 17.8 Å². The lowest BCUT2D eigenvalue weighted by molar-refractivity contribution is 0.0523. The number of thiocarbonyl (C=S) groups is 1. The van der Waals surface area contributed by atoms with Gasteiger partial charge in [0.2, 0.25) is 0 Å². The molecule has 0 aliphatic carbocycles. The number of anilines is 1. The summed E-state index contributed by atoms with van der Waals surface area (Å²) in [5.41, 5.74) is 7.52. The average molecular weight is 388 g/mol. The number of hydrogen-bond acceptors (Lipinski definition) is 4. The van der Waals surface area contributed by atoms with Crippen LogP contribution in [0.15, 0.2) is 48.5 Å². The summed E-state index contributed by atoms with van der Waals surface area (Å²) in [5, 5.41) is 5.79. The van der Waals surface area contributed by atoms with Crippen LogP contribution in [0.1, 0.15) is 31.9 Å². The lowest BCUT2D eigenvalue weighted by Gasteiger charge is -2.20. The highest BCUT2D eigenvalue weighted by atomic mass is 32.1. The molecule has 4 N–H and O–H groups in total. The lowest BCUT2D eigenvalue weighted by atomic mass is 10.1. The van der Waals surface area contributed by atoms with Crippen LogP contribution in [-0.2, 0) is 17.9 Å². The Morgan fingerprint density at radius 1 is 1.15 bits per heavy atom. The van der Waals surface area contributed by atoms with Gasteiger partial charge < -0.3 is 25.8 Å². The van der Waals surface area contributed by atoms with Crippen LogP contribution < -0.4 is 21.1 Å². The van der Waals surface area contributed by atoms with Crippen LogP contribution in [0.3, 0.4) is 0 Å². The Bertz CT molecular complexity index is 789. The van der Waals surface area contributed by atoms with E-state index >= 15 is 0 Å². The molecule has 2 aromatic rings. The summed E-state index contributed by atoms with van der Waals surface area (Å²) < 4.78 is 11.2. The van der Waals surface area contributed by atoms with Gasteiger partial charge in [-0.05, 0) is 56.8 Å². The third-order valence-electron chi connectivity index (χ3n) is 3.39. The summed E-state index contributed by atoms with van der Waals surface area (Å²) >= 11 is 4.88. The second-order valence-corrected chi connectivity index (χ2v) is 7.38. The van der Waals surface area contributed by atoms with E-state index in [1.54, 1.807) is 0 Å². The van der Waals surface area contributed by atoms with Gasteiger partial charge in [-0.1, -0.05) is 30.3 Å². The summed E-state index contributed by atoms with van der Waals surface area (Å²) in [6.45, 7) is 6.10. The van der Waals surface area contributed by atoms with Crippen molar-refractivity contribution in [3.05, 3.63) is 59.7 Å². The van der Waals surface area contributed by atoms with E-state index in [1.165, 1.54) is 0 Å². The van der Waals surface area contributed by atoms with E-state index < -0.39 is 11.7 Å². The zero-order valence-corrected chi connectivity index (χ0v) is 16.6. The quantitative estimate of drug-likeness (QED) is 0.651. The third kappa shape index (κ3) is 7.53. The van der Waals surface area contributed by atoms with E-state index in [-0.39, 0.29) is 11.7 Å². The minimum absolute atomic E-state index is 0.166. The normalized spacial score (nSPS) is 10.8. The summed E-state index contributed by atoms with van der Waals surface area (Å²) in [6.07, 6.45) is -0.496. The van der Waals surface area contributed by atoms with Crippen LogP contribution in [-0.4, -0.2) is 16.8 Å². The Hall–Kier alpha value is -2.80. The minimum atomic E-state index is -0.564. The van der Waals surface area contributed by atoms with Crippen molar-refractivity contribution in [3.8, 4) is 5.75 Å². The van der Waals surface area contributed by atoms with Gasteiger partial charge in [0.25, 0.3) is 0 Å². The number of hydrogen-bond donors (Lipinski definition) is 3. The minimum Gasteiger partial charge on any atom is -0.489 e. The molecule has 0 radical (unpaired) electrons. The molecule has 6 nitrogen and oxygen atoms in total. The number of ether oxygens (including phenoxy) is 2. The predicted molar refractivity (Wildman–Crippen MR) is 111 cm³/mol. The number of nitrogens with one attached hydrogen (secondary N) is 2. The molecular weight excluding hydrogens is 362 g/mol. The predicted octanol–water partition coefficient (Wildman–Crippen LogP) is 3.95. The van der Waals surface area contributed by atoms with Gasteiger partial charge >= 0.3 is 6.09 Å². The molecule has 0 fully saturated rings. The van der Waals surface area contributed by atoms with Gasteiger partial charge in [-0.3, -0.25) is 0 Å². The van der Waals surface area contributed by atoms with Crippen molar-refractivity contribution >= 4 is 29.1 Å². The van der Waals surface area contributed by atoms with Crippen molar-refractivity contribution in [2.75, 3.05) is 5.32 Å². The first-order valence-corrected chi connectivity index (χ1v) is 8.97. The smallest absolute Gasteiger partial charge is 0.407 e. The number of rotatable bonds is 6. The van der Waals surface area contributed by atoms with E-state index in [0.717, 1.165) is 16.8 Å². The summed E-state index contributed by atoms with van der Waals surface area (Å²) in [6, 6.07) is 15.3. The van der Waals surface area contributed by atoms with Crippen molar-refractivity contribution in [1.29, 1.82) is 0 Å². The highest BCUT2D eigenvalue weighted by Gasteiger charge is 2.16. The fourth-order valence-electron chi connectivity index (χ4n) is 2.30. The molecule has 0 aliphatic heterocycles. The molecule has 144 valence electrons. The largest absolute Gasteiger partial charge is 0.489 e. The average Bonchev–Trinajstić information content (AvgIpc) is 2.58. The molecule has 0 aliphatic rings. The Balaban J connectivity index is 2.11. The van der Waals surface area contributed by atoms with E-state index in [4.69, 9.17) is 27.4 Å². The Labute approximate surface area is 165 Å². The molecule has 0 heterocycles. The number of nitrogens with two attached hydrogens (primary N) is 1. The maximum atomic E-state index is 12.0. The molecule has 0 saturated carbocycles. The Kier molecular flexibility index (Phi) is 7.01. The maximum Gasteiger partial charge on any atom is 0.407 e. The van der Waals surface area contributed by atoms with E-state index in [1.807, 2.05) is 69.3 Å². The first-order chi connectivity index (χ1) is 12.7. The molecule has 2 aromatic carbocycles. The van der Waals surface area contributed by atoms with Gasteiger partial charge in [0.1, 0.15) is 18.0 Å². The molecule has 1 amide bonds. The highest BCUT2D eigenvalue weighted by Crippen LogP contribution is 2.24. The van der Waals surface area contributed by atoms with Crippen LogP contribution in [0.25, 0.3) is 0 Å². The van der Waals surface area contributed by atoms with Crippen LogP contribution in [0.4, 0.5) is 10.5 Å². The molecule has 0 bridgehead atoms. The van der Waals surface area contributed by atoms with E-state index in [2.05, 4.69) is 10.6 Å². The van der Waals surface area contributed by atoms with Crippen LogP contribution in [0, 0.1) is 0 Å². The van der Waals surface area contributed by atoms with Crippen LogP contribution in [0.5, 0.6) is 5.75 Å². The first kappa shape index (κ1) is 20.5. The molecule has 0 unspecified atom stereocenters. The number of carbonyl (C=O) groups is 1. The maximum absolute atomic E-state index is 12.0. The lowest BCUT2D eigenvalue weighted by Crippen LogP contribution is -2.32. The van der Waals surface area contributed by atoms with Crippen molar-refractivity contribution in [1.82, 2.24) is 5.32 Å². The molecule has 7 heteroatoms. The first-order valence-electron chi connectivity index (χ1n) is 8.56. The van der Waals surface area contributed by atoms with E-state index in [9.17, 15) is 4.79 Å². The van der Waals surface area contributed by atoms with Gasteiger partial charge in [-0.25, -0.2) is 4.79 Å². The summed E-state index contributed by atoms with van der Waals surface area (Å²) in [7, 11) is 0. The van der Waals surface area contributed by atoms with Crippen molar-refractivity contribution in [3.63, 3.8) is 0 Å². The fraction of sp³-hybridized carbons (Fsp3) is 0.300.